The van der Waals surface area contributed by atoms with Gasteiger partial charge in [-0.3, -0.25) is 4.79 Å². The first-order valence-corrected chi connectivity index (χ1v) is 6.22. The van der Waals surface area contributed by atoms with Crippen molar-refractivity contribution in [1.29, 1.82) is 0 Å². The van der Waals surface area contributed by atoms with Crippen molar-refractivity contribution in [1.82, 2.24) is 5.32 Å². The molecule has 2 N–H and O–H groups in total. The normalized spacial score (nSPS) is 12.0. The van der Waals surface area contributed by atoms with Crippen molar-refractivity contribution < 1.29 is 19.4 Å². The first kappa shape index (κ1) is 15.8. The minimum atomic E-state index is -0.423. The number of aliphatic hydroxyl groups excluding tert-OH is 1. The molecule has 0 aromatic heterocycles. The van der Waals surface area contributed by atoms with E-state index < -0.39 is 6.04 Å². The topological polar surface area (TPSA) is 67.8 Å². The van der Waals surface area contributed by atoms with E-state index in [1.54, 1.807) is 18.2 Å². The summed E-state index contributed by atoms with van der Waals surface area (Å²) in [6.45, 7) is 1.80. The molecule has 0 bridgehead atoms. The van der Waals surface area contributed by atoms with Gasteiger partial charge in [0.15, 0.2) is 6.61 Å². The lowest BCUT2D eigenvalue weighted by molar-refractivity contribution is -0.124. The zero-order chi connectivity index (χ0) is 14.3. The molecule has 0 saturated carbocycles. The number of carbonyl (C=O) groups excluding carboxylic acids is 1. The van der Waals surface area contributed by atoms with Crippen LogP contribution in [-0.2, 0) is 9.53 Å². The summed E-state index contributed by atoms with van der Waals surface area (Å²) in [6.07, 6.45) is 0. The number of halogens is 1. The fourth-order valence-corrected chi connectivity index (χ4v) is 1.58. The molecule has 1 amide bonds. The molecule has 0 aliphatic carbocycles. The fraction of sp³-hybridized carbons (Fsp3) is 0.462. The number of methoxy groups -OCH3 is 1. The molecule has 1 aromatic rings. The Kier molecular flexibility index (Phi) is 6.62. The number of hydrogen-bond donors (Lipinski definition) is 2. The van der Waals surface area contributed by atoms with Crippen molar-refractivity contribution in [3.8, 4) is 5.75 Å². The molecular weight excluding hydrogens is 270 g/mol. The Labute approximate surface area is 117 Å². The minimum absolute atomic E-state index is 0.124. The highest BCUT2D eigenvalue weighted by Crippen LogP contribution is 2.20. The summed E-state index contributed by atoms with van der Waals surface area (Å²) in [7, 11) is 1.50. The average molecular weight is 288 g/mol. The van der Waals surface area contributed by atoms with Crippen LogP contribution in [0.5, 0.6) is 5.75 Å². The van der Waals surface area contributed by atoms with E-state index in [0.717, 1.165) is 5.56 Å². The zero-order valence-electron chi connectivity index (χ0n) is 11.0. The third-order valence-corrected chi connectivity index (χ3v) is 2.88. The van der Waals surface area contributed by atoms with Crippen molar-refractivity contribution in [2.24, 2.45) is 0 Å². The Morgan fingerprint density at radius 3 is 2.84 bits per heavy atom. The van der Waals surface area contributed by atoms with Crippen LogP contribution in [0.3, 0.4) is 0 Å². The Hall–Kier alpha value is -1.30. The van der Waals surface area contributed by atoms with Gasteiger partial charge < -0.3 is 19.9 Å². The Balaban J connectivity index is 2.43. The largest absolute Gasteiger partial charge is 0.484 e. The van der Waals surface area contributed by atoms with E-state index in [2.05, 4.69) is 5.32 Å². The number of nitrogens with one attached hydrogen (secondary N) is 1. The van der Waals surface area contributed by atoms with E-state index in [-0.39, 0.29) is 25.7 Å². The van der Waals surface area contributed by atoms with Crippen molar-refractivity contribution in [3.05, 3.63) is 28.8 Å². The van der Waals surface area contributed by atoms with E-state index in [9.17, 15) is 4.79 Å². The quantitative estimate of drug-likeness (QED) is 0.789. The molecule has 106 valence electrons. The molecule has 19 heavy (non-hydrogen) atoms. The summed E-state index contributed by atoms with van der Waals surface area (Å²) in [6, 6.07) is 4.74. The van der Waals surface area contributed by atoms with Crippen LogP contribution in [0, 0.1) is 6.92 Å². The highest BCUT2D eigenvalue weighted by molar-refractivity contribution is 6.31. The molecule has 0 aliphatic heterocycles. The Morgan fingerprint density at radius 1 is 1.53 bits per heavy atom. The van der Waals surface area contributed by atoms with Gasteiger partial charge >= 0.3 is 0 Å². The van der Waals surface area contributed by atoms with Crippen LogP contribution in [0.1, 0.15) is 5.56 Å². The van der Waals surface area contributed by atoms with Gasteiger partial charge in [0, 0.05) is 12.1 Å². The highest BCUT2D eigenvalue weighted by atomic mass is 35.5. The molecule has 0 heterocycles. The van der Waals surface area contributed by atoms with E-state index in [4.69, 9.17) is 26.2 Å². The number of aryl methyl sites for hydroxylation is 1. The molecule has 1 aromatic carbocycles. The van der Waals surface area contributed by atoms with E-state index in [0.29, 0.717) is 10.8 Å². The van der Waals surface area contributed by atoms with Crippen LogP contribution in [0.15, 0.2) is 18.2 Å². The second-order valence-corrected chi connectivity index (χ2v) is 4.51. The van der Waals surface area contributed by atoms with Crippen LogP contribution in [0.2, 0.25) is 5.02 Å². The monoisotopic (exact) mass is 287 g/mol. The first-order valence-electron chi connectivity index (χ1n) is 5.85. The molecule has 0 radical (unpaired) electrons. The van der Waals surface area contributed by atoms with Gasteiger partial charge in [-0.05, 0) is 30.7 Å². The van der Waals surface area contributed by atoms with Crippen molar-refractivity contribution >= 4 is 17.5 Å². The second-order valence-electron chi connectivity index (χ2n) is 4.10. The third kappa shape index (κ3) is 5.46. The summed E-state index contributed by atoms with van der Waals surface area (Å²) in [5, 5.41) is 12.3. The maximum absolute atomic E-state index is 11.6. The lowest BCUT2D eigenvalue weighted by atomic mass is 10.2. The molecule has 6 heteroatoms. The summed E-state index contributed by atoms with van der Waals surface area (Å²) >= 11 is 5.89. The number of amides is 1. The van der Waals surface area contributed by atoms with Crippen molar-refractivity contribution in [2.45, 2.75) is 13.0 Å². The fourth-order valence-electron chi connectivity index (χ4n) is 1.47. The van der Waals surface area contributed by atoms with Crippen LogP contribution >= 0.6 is 11.6 Å². The predicted molar refractivity (Wildman–Crippen MR) is 72.6 cm³/mol. The molecule has 1 atom stereocenters. The smallest absolute Gasteiger partial charge is 0.258 e. The third-order valence-electron chi connectivity index (χ3n) is 2.45. The minimum Gasteiger partial charge on any atom is -0.484 e. The molecule has 1 rings (SSSR count). The second kappa shape index (κ2) is 7.99. The molecule has 5 nitrogen and oxygen atoms in total. The standard InChI is InChI=1S/C13H18ClNO4/c1-9-5-11(3-4-12(9)14)19-8-13(17)15-10(6-16)7-18-2/h3-5,10,16H,6-8H2,1-2H3,(H,15,17). The highest BCUT2D eigenvalue weighted by Gasteiger charge is 2.11. The summed E-state index contributed by atoms with van der Waals surface area (Å²) < 4.78 is 10.2. The number of rotatable bonds is 7. The van der Waals surface area contributed by atoms with Gasteiger partial charge in [-0.15, -0.1) is 0 Å². The number of carbonyl (C=O) groups is 1. The predicted octanol–water partition coefficient (Wildman–Crippen LogP) is 1.15. The van der Waals surface area contributed by atoms with Crippen LogP contribution < -0.4 is 10.1 Å². The lowest BCUT2D eigenvalue weighted by Gasteiger charge is -2.15. The number of aliphatic hydroxyl groups is 1. The molecule has 0 aliphatic rings. The SMILES string of the molecule is COCC(CO)NC(=O)COc1ccc(Cl)c(C)c1. The van der Waals surface area contributed by atoms with E-state index in [1.807, 2.05) is 6.92 Å². The van der Waals surface area contributed by atoms with Gasteiger partial charge in [0.2, 0.25) is 0 Å². The molecule has 0 fully saturated rings. The zero-order valence-corrected chi connectivity index (χ0v) is 11.7. The van der Waals surface area contributed by atoms with Crippen molar-refractivity contribution in [2.75, 3.05) is 26.9 Å². The van der Waals surface area contributed by atoms with Gasteiger partial charge in [-0.2, -0.15) is 0 Å². The summed E-state index contributed by atoms with van der Waals surface area (Å²) in [5.41, 5.74) is 0.882. The van der Waals surface area contributed by atoms with Crippen molar-refractivity contribution in [3.63, 3.8) is 0 Å². The Morgan fingerprint density at radius 2 is 2.26 bits per heavy atom. The van der Waals surface area contributed by atoms with Gasteiger partial charge in [-0.25, -0.2) is 0 Å². The first-order chi connectivity index (χ1) is 9.06. The molecule has 0 saturated heterocycles. The van der Waals surface area contributed by atoms with Gasteiger partial charge in [0.1, 0.15) is 5.75 Å². The van der Waals surface area contributed by atoms with Crippen LogP contribution in [0.4, 0.5) is 0 Å². The maximum Gasteiger partial charge on any atom is 0.258 e. The Bertz CT molecular complexity index is 425. The molecular formula is C13H18ClNO4. The maximum atomic E-state index is 11.6. The number of benzene rings is 1. The van der Waals surface area contributed by atoms with E-state index in [1.165, 1.54) is 7.11 Å². The number of ether oxygens (including phenoxy) is 2. The van der Waals surface area contributed by atoms with E-state index >= 15 is 0 Å². The van der Waals surface area contributed by atoms with Gasteiger partial charge in [-0.1, -0.05) is 11.6 Å². The van der Waals surface area contributed by atoms with Gasteiger partial charge in [0.05, 0.1) is 19.3 Å². The molecule has 0 spiro atoms. The summed E-state index contributed by atoms with van der Waals surface area (Å²) in [5.74, 6) is 0.257. The van der Waals surface area contributed by atoms with Gasteiger partial charge in [0.25, 0.3) is 5.91 Å². The number of hydrogen-bond acceptors (Lipinski definition) is 4. The van der Waals surface area contributed by atoms with Crippen LogP contribution in [0.25, 0.3) is 0 Å². The van der Waals surface area contributed by atoms with Crippen LogP contribution in [-0.4, -0.2) is 44.0 Å². The molecule has 1 unspecified atom stereocenters. The summed E-state index contributed by atoms with van der Waals surface area (Å²) in [4.78, 5) is 11.6. The lowest BCUT2D eigenvalue weighted by Crippen LogP contribution is -2.42. The average Bonchev–Trinajstić information content (AvgIpc) is 2.39.